The van der Waals surface area contributed by atoms with Crippen molar-refractivity contribution in [3.05, 3.63) is 23.3 Å². The number of hydrogen-bond donors (Lipinski definition) is 1. The zero-order valence-corrected chi connectivity index (χ0v) is 16.1. The molecule has 136 valence electrons. The number of quaternary nitrogens is 1. The van der Waals surface area contributed by atoms with Crippen LogP contribution in [0, 0.1) is 17.3 Å². The molecule has 0 aromatic heterocycles. The minimum atomic E-state index is 0.0755. The summed E-state index contributed by atoms with van der Waals surface area (Å²) in [6, 6.07) is 5.00. The summed E-state index contributed by atoms with van der Waals surface area (Å²) in [5.41, 5.74) is 3.30. The first-order chi connectivity index (χ1) is 12.0. The maximum atomic E-state index is 7.11. The molecule has 3 unspecified atom stereocenters. The van der Waals surface area contributed by atoms with Crippen LogP contribution in [0.25, 0.3) is 0 Å². The molecule has 4 aliphatic carbocycles. The molecule has 4 saturated carbocycles. The molecule has 1 aliphatic heterocycles. The number of benzene rings is 1. The molecule has 0 radical (unpaired) electrons. The summed E-state index contributed by atoms with van der Waals surface area (Å²) in [7, 11) is 3.47. The van der Waals surface area contributed by atoms with Crippen LogP contribution in [0.3, 0.4) is 0 Å². The molecule has 3 nitrogen and oxygen atoms in total. The molecule has 0 spiro atoms. The maximum absolute atomic E-state index is 7.11. The van der Waals surface area contributed by atoms with Gasteiger partial charge in [0, 0.05) is 22.3 Å². The van der Waals surface area contributed by atoms with Gasteiger partial charge in [-0.25, -0.2) is 0 Å². The fourth-order valence-corrected chi connectivity index (χ4v) is 7.84. The molecule has 4 fully saturated rings. The molecule has 25 heavy (non-hydrogen) atoms. The van der Waals surface area contributed by atoms with E-state index in [1.165, 1.54) is 56.2 Å². The molecule has 6 rings (SSSR count). The molecule has 0 saturated heterocycles. The molecule has 1 heterocycles. The van der Waals surface area contributed by atoms with Crippen molar-refractivity contribution in [1.82, 2.24) is 0 Å². The van der Waals surface area contributed by atoms with Crippen molar-refractivity contribution in [3.8, 4) is 11.5 Å². The highest BCUT2D eigenvalue weighted by molar-refractivity contribution is 6.24. The summed E-state index contributed by atoms with van der Waals surface area (Å²) in [5.74, 6) is 3.42. The number of nitrogens with two attached hydrogens (primary N) is 1. The number of rotatable bonds is 3. The summed E-state index contributed by atoms with van der Waals surface area (Å²) >= 11 is 7.11. The zero-order chi connectivity index (χ0) is 17.2. The largest absolute Gasteiger partial charge is 0.493 e. The van der Waals surface area contributed by atoms with E-state index in [1.807, 2.05) is 0 Å². The van der Waals surface area contributed by atoms with E-state index in [0.717, 1.165) is 29.8 Å². The van der Waals surface area contributed by atoms with Gasteiger partial charge in [0.05, 0.1) is 20.8 Å². The van der Waals surface area contributed by atoms with Crippen LogP contribution in [-0.2, 0) is 6.42 Å². The molecule has 1 aromatic rings. The Balaban J connectivity index is 1.58. The first kappa shape index (κ1) is 16.3. The first-order valence-electron chi connectivity index (χ1n) is 9.81. The summed E-state index contributed by atoms with van der Waals surface area (Å²) < 4.78 is 11.2. The summed E-state index contributed by atoms with van der Waals surface area (Å²) in [6.45, 7) is 1.17. The van der Waals surface area contributed by atoms with Crippen LogP contribution in [-0.4, -0.2) is 25.6 Å². The van der Waals surface area contributed by atoms with E-state index in [0.29, 0.717) is 11.5 Å². The van der Waals surface area contributed by atoms with Gasteiger partial charge in [-0.2, -0.15) is 0 Å². The van der Waals surface area contributed by atoms with Crippen molar-refractivity contribution in [2.45, 2.75) is 55.9 Å². The third-order valence-electron chi connectivity index (χ3n) is 7.49. The summed E-state index contributed by atoms with van der Waals surface area (Å²) in [4.78, 5) is 0.0755. The van der Waals surface area contributed by atoms with Gasteiger partial charge in [0.15, 0.2) is 11.5 Å². The van der Waals surface area contributed by atoms with Gasteiger partial charge < -0.3 is 14.8 Å². The second-order valence-corrected chi connectivity index (χ2v) is 9.93. The lowest BCUT2D eigenvalue weighted by molar-refractivity contribution is -0.716. The quantitative estimate of drug-likeness (QED) is 0.836. The van der Waals surface area contributed by atoms with Crippen molar-refractivity contribution in [1.29, 1.82) is 0 Å². The molecule has 1 aromatic carbocycles. The Kier molecular flexibility index (Phi) is 3.60. The SMILES string of the molecule is COc1cc2c(cc1OC)C(C13CC4CC(CC(Cl)(C4)C1)C3)[NH2+]CC2. The maximum Gasteiger partial charge on any atom is 0.161 e. The Labute approximate surface area is 155 Å². The number of ether oxygens (including phenoxy) is 2. The molecule has 4 bridgehead atoms. The van der Waals surface area contributed by atoms with E-state index < -0.39 is 0 Å². The lowest BCUT2D eigenvalue weighted by atomic mass is 9.46. The van der Waals surface area contributed by atoms with E-state index in [9.17, 15) is 0 Å². The van der Waals surface area contributed by atoms with Crippen LogP contribution in [0.2, 0.25) is 0 Å². The molecule has 2 N–H and O–H groups in total. The molecule has 5 aliphatic rings. The summed E-state index contributed by atoms with van der Waals surface area (Å²) in [5, 5.41) is 2.60. The van der Waals surface area contributed by atoms with Crippen molar-refractivity contribution in [2.75, 3.05) is 20.8 Å². The highest BCUT2D eigenvalue weighted by Gasteiger charge is 2.61. The Morgan fingerprint density at radius 1 is 1.04 bits per heavy atom. The lowest BCUT2D eigenvalue weighted by Crippen LogP contribution is -2.90. The van der Waals surface area contributed by atoms with Crippen molar-refractivity contribution in [2.24, 2.45) is 17.3 Å². The molecule has 0 amide bonds. The van der Waals surface area contributed by atoms with E-state index in [2.05, 4.69) is 17.4 Å². The smallest absolute Gasteiger partial charge is 0.161 e. The number of alkyl halides is 1. The fourth-order valence-electron chi connectivity index (χ4n) is 7.14. The molecular weight excluding hydrogens is 334 g/mol. The van der Waals surface area contributed by atoms with Crippen molar-refractivity contribution < 1.29 is 14.8 Å². The van der Waals surface area contributed by atoms with Crippen LogP contribution in [0.1, 0.15) is 55.7 Å². The van der Waals surface area contributed by atoms with E-state index in [1.54, 1.807) is 14.2 Å². The number of halogens is 1. The van der Waals surface area contributed by atoms with Crippen LogP contribution in [0.5, 0.6) is 11.5 Å². The van der Waals surface area contributed by atoms with E-state index in [4.69, 9.17) is 21.1 Å². The number of fused-ring (bicyclic) bond motifs is 1. The van der Waals surface area contributed by atoms with Gasteiger partial charge in [0.2, 0.25) is 0 Å². The Bertz CT molecular complexity index is 689. The topological polar surface area (TPSA) is 35.1 Å². The number of methoxy groups -OCH3 is 2. The fraction of sp³-hybridized carbons (Fsp3) is 0.714. The normalized spacial score (nSPS) is 41.5. The first-order valence-corrected chi connectivity index (χ1v) is 10.2. The molecule has 4 heteroatoms. The van der Waals surface area contributed by atoms with Crippen molar-refractivity contribution >= 4 is 11.6 Å². The second-order valence-electron chi connectivity index (χ2n) is 9.13. The predicted molar refractivity (Wildman–Crippen MR) is 98.5 cm³/mol. The van der Waals surface area contributed by atoms with Crippen LogP contribution < -0.4 is 14.8 Å². The Morgan fingerprint density at radius 3 is 2.36 bits per heavy atom. The van der Waals surface area contributed by atoms with Gasteiger partial charge in [-0.05, 0) is 68.1 Å². The third-order valence-corrected chi connectivity index (χ3v) is 7.93. The zero-order valence-electron chi connectivity index (χ0n) is 15.3. The predicted octanol–water partition coefficient (Wildman–Crippen LogP) is 3.44. The van der Waals surface area contributed by atoms with Gasteiger partial charge >= 0.3 is 0 Å². The Hall–Kier alpha value is -0.930. The average Bonchev–Trinajstić information content (AvgIpc) is 2.57. The molecule has 3 atom stereocenters. The lowest BCUT2D eigenvalue weighted by Gasteiger charge is -2.61. The van der Waals surface area contributed by atoms with Gasteiger partial charge in [-0.15, -0.1) is 11.6 Å². The van der Waals surface area contributed by atoms with Crippen LogP contribution in [0.15, 0.2) is 12.1 Å². The second kappa shape index (κ2) is 5.53. The highest BCUT2D eigenvalue weighted by atomic mass is 35.5. The minimum absolute atomic E-state index is 0.0755. The number of hydrogen-bond acceptors (Lipinski definition) is 2. The monoisotopic (exact) mass is 362 g/mol. The highest BCUT2D eigenvalue weighted by Crippen LogP contribution is 2.67. The summed E-state index contributed by atoms with van der Waals surface area (Å²) in [6.07, 6.45) is 8.96. The van der Waals surface area contributed by atoms with E-state index >= 15 is 0 Å². The van der Waals surface area contributed by atoms with Crippen LogP contribution in [0.4, 0.5) is 0 Å². The van der Waals surface area contributed by atoms with Crippen LogP contribution >= 0.6 is 11.6 Å². The average molecular weight is 363 g/mol. The molecular formula is C21H29ClNO2+. The van der Waals surface area contributed by atoms with Crippen molar-refractivity contribution in [3.63, 3.8) is 0 Å². The van der Waals surface area contributed by atoms with Gasteiger partial charge in [0.1, 0.15) is 6.04 Å². The van der Waals surface area contributed by atoms with Gasteiger partial charge in [-0.1, -0.05) is 0 Å². The third kappa shape index (κ3) is 2.42. The van der Waals surface area contributed by atoms with Gasteiger partial charge in [0.25, 0.3) is 0 Å². The van der Waals surface area contributed by atoms with E-state index in [-0.39, 0.29) is 4.87 Å². The Morgan fingerprint density at radius 2 is 1.72 bits per heavy atom. The van der Waals surface area contributed by atoms with Gasteiger partial charge in [-0.3, -0.25) is 0 Å². The standard InChI is InChI=1S/C21H28ClNO2/c1-24-17-6-15-3-4-23-19(16(15)7-18(17)25-2)20-8-13-5-14(9-20)11-21(22,10-13)12-20/h6-7,13-14,19,23H,3-5,8-12H2,1-2H3/p+1. The minimum Gasteiger partial charge on any atom is -0.493 e.